The van der Waals surface area contributed by atoms with Crippen molar-refractivity contribution in [2.24, 2.45) is 0 Å². The number of aromatic hydroxyl groups is 1. The van der Waals surface area contributed by atoms with Gasteiger partial charge in [0.1, 0.15) is 5.60 Å². The van der Waals surface area contributed by atoms with Crippen LogP contribution >= 0.6 is 11.6 Å². The summed E-state index contributed by atoms with van der Waals surface area (Å²) in [4.78, 5) is 16.3. The summed E-state index contributed by atoms with van der Waals surface area (Å²) >= 11 is 5.97. The second-order valence-electron chi connectivity index (χ2n) is 8.93. The molecule has 1 aromatic heterocycles. The summed E-state index contributed by atoms with van der Waals surface area (Å²) in [6.07, 6.45) is 1.70. The summed E-state index contributed by atoms with van der Waals surface area (Å²) in [5, 5.41) is 13.3. The molecule has 164 valence electrons. The smallest absolute Gasteiger partial charge is 0.410 e. The van der Waals surface area contributed by atoms with Gasteiger partial charge in [0.05, 0.1) is 6.54 Å². The Hall–Kier alpha value is -2.86. The lowest BCUT2D eigenvalue weighted by Crippen LogP contribution is -2.50. The van der Waals surface area contributed by atoms with Crippen LogP contribution < -0.4 is 4.90 Å². The van der Waals surface area contributed by atoms with Crippen LogP contribution in [-0.4, -0.2) is 52.4 Å². The second-order valence-corrected chi connectivity index (χ2v) is 9.37. The van der Waals surface area contributed by atoms with E-state index in [2.05, 4.69) is 11.0 Å². The minimum atomic E-state index is -0.490. The molecule has 1 fully saturated rings. The van der Waals surface area contributed by atoms with E-state index in [1.165, 1.54) is 0 Å². The quantitative estimate of drug-likeness (QED) is 0.613. The van der Waals surface area contributed by atoms with Gasteiger partial charge < -0.3 is 24.2 Å². The molecule has 0 unspecified atom stereocenters. The monoisotopic (exact) mass is 441 g/mol. The van der Waals surface area contributed by atoms with Gasteiger partial charge in [0, 0.05) is 53.9 Å². The van der Waals surface area contributed by atoms with Crippen molar-refractivity contribution < 1.29 is 14.6 Å². The zero-order chi connectivity index (χ0) is 22.2. The van der Waals surface area contributed by atoms with Gasteiger partial charge in [-0.3, -0.25) is 0 Å². The number of rotatable bonds is 3. The Labute approximate surface area is 187 Å². The standard InChI is InChI=1S/C24H28ClN3O3/c1-24(2,3)31-23(30)27-12-10-26(11-13-27)20-9-6-18-16-28(22(29)21(18)14-20)15-17-4-7-19(25)8-5-17/h4-9,14,16,29H,10-13,15H2,1-3H3. The Balaban J connectivity index is 1.46. The zero-order valence-corrected chi connectivity index (χ0v) is 18.9. The number of carbonyl (C=O) groups excluding carboxylic acids is 1. The van der Waals surface area contributed by atoms with Gasteiger partial charge in [-0.15, -0.1) is 0 Å². The van der Waals surface area contributed by atoms with E-state index < -0.39 is 5.60 Å². The van der Waals surface area contributed by atoms with Crippen LogP contribution in [0.3, 0.4) is 0 Å². The first-order chi connectivity index (χ1) is 14.7. The number of carbonyl (C=O) groups is 1. The predicted octanol–water partition coefficient (Wildman–Crippen LogP) is 5.11. The number of hydrogen-bond donors (Lipinski definition) is 1. The summed E-state index contributed by atoms with van der Waals surface area (Å²) < 4.78 is 7.32. The molecule has 0 saturated carbocycles. The summed E-state index contributed by atoms with van der Waals surface area (Å²) in [5.41, 5.74) is 1.62. The number of halogens is 1. The van der Waals surface area contributed by atoms with Crippen LogP contribution in [0.5, 0.6) is 5.88 Å². The third-order valence-corrected chi connectivity index (χ3v) is 5.66. The largest absolute Gasteiger partial charge is 0.494 e. The highest BCUT2D eigenvalue weighted by Crippen LogP contribution is 2.32. The Morgan fingerprint density at radius 3 is 2.39 bits per heavy atom. The highest BCUT2D eigenvalue weighted by Gasteiger charge is 2.26. The van der Waals surface area contributed by atoms with Crippen LogP contribution in [0.1, 0.15) is 26.3 Å². The third-order valence-electron chi connectivity index (χ3n) is 5.41. The molecule has 1 amide bonds. The van der Waals surface area contributed by atoms with Crippen LogP contribution in [0.25, 0.3) is 10.8 Å². The first-order valence-corrected chi connectivity index (χ1v) is 10.9. The lowest BCUT2D eigenvalue weighted by atomic mass is 10.1. The first kappa shape index (κ1) is 21.4. The van der Waals surface area contributed by atoms with Gasteiger partial charge in [0.25, 0.3) is 0 Å². The fraction of sp³-hybridized carbons (Fsp3) is 0.375. The predicted molar refractivity (Wildman–Crippen MR) is 124 cm³/mol. The average molecular weight is 442 g/mol. The molecule has 0 bridgehead atoms. The van der Waals surface area contributed by atoms with Crippen molar-refractivity contribution in [2.75, 3.05) is 31.1 Å². The van der Waals surface area contributed by atoms with Crippen molar-refractivity contribution in [3.63, 3.8) is 0 Å². The van der Waals surface area contributed by atoms with E-state index in [0.29, 0.717) is 24.7 Å². The molecule has 0 aliphatic carbocycles. The van der Waals surface area contributed by atoms with Gasteiger partial charge in [-0.05, 0) is 50.6 Å². The molecule has 1 aliphatic heterocycles. The highest BCUT2D eigenvalue weighted by atomic mass is 35.5. The molecule has 4 rings (SSSR count). The van der Waals surface area contributed by atoms with Crippen LogP contribution in [0.4, 0.5) is 10.5 Å². The third kappa shape index (κ3) is 4.90. The molecule has 3 aromatic rings. The number of piperazine rings is 1. The minimum absolute atomic E-state index is 0.249. The number of benzene rings is 2. The maximum Gasteiger partial charge on any atom is 0.410 e. The molecule has 2 heterocycles. The van der Waals surface area contributed by atoms with Crippen molar-refractivity contribution >= 4 is 34.2 Å². The van der Waals surface area contributed by atoms with Crippen LogP contribution in [0.2, 0.25) is 5.02 Å². The molecule has 2 aromatic carbocycles. The van der Waals surface area contributed by atoms with E-state index in [-0.39, 0.29) is 12.0 Å². The Morgan fingerprint density at radius 1 is 1.06 bits per heavy atom. The lowest BCUT2D eigenvalue weighted by Gasteiger charge is -2.36. The second kappa shape index (κ2) is 8.35. The van der Waals surface area contributed by atoms with Crippen LogP contribution in [0, 0.1) is 0 Å². The highest BCUT2D eigenvalue weighted by molar-refractivity contribution is 6.30. The van der Waals surface area contributed by atoms with Gasteiger partial charge in [0.2, 0.25) is 0 Å². The molecule has 31 heavy (non-hydrogen) atoms. The number of nitrogens with zero attached hydrogens (tertiary/aromatic N) is 3. The molecule has 0 spiro atoms. The molecule has 1 aliphatic rings. The number of hydrogen-bond acceptors (Lipinski definition) is 4. The van der Waals surface area contributed by atoms with Crippen molar-refractivity contribution in [1.82, 2.24) is 9.47 Å². The van der Waals surface area contributed by atoms with Gasteiger partial charge >= 0.3 is 6.09 Å². The van der Waals surface area contributed by atoms with Gasteiger partial charge in [0.15, 0.2) is 5.88 Å². The Kier molecular flexibility index (Phi) is 5.75. The minimum Gasteiger partial charge on any atom is -0.494 e. The molecule has 6 nitrogen and oxygen atoms in total. The molecule has 0 atom stereocenters. The van der Waals surface area contributed by atoms with E-state index in [4.69, 9.17) is 16.3 Å². The van der Waals surface area contributed by atoms with Gasteiger partial charge in [-0.25, -0.2) is 4.79 Å². The van der Waals surface area contributed by atoms with Gasteiger partial charge in [-0.2, -0.15) is 0 Å². The average Bonchev–Trinajstić information content (AvgIpc) is 3.03. The molecule has 1 saturated heterocycles. The number of amides is 1. The van der Waals surface area contributed by atoms with Crippen molar-refractivity contribution in [3.05, 3.63) is 59.2 Å². The Bertz CT molecular complexity index is 1080. The van der Waals surface area contributed by atoms with E-state index in [9.17, 15) is 9.90 Å². The summed E-state index contributed by atoms with van der Waals surface area (Å²) in [6, 6.07) is 13.7. The van der Waals surface area contributed by atoms with Gasteiger partial charge in [-0.1, -0.05) is 29.8 Å². The summed E-state index contributed by atoms with van der Waals surface area (Å²) in [6.45, 7) is 8.86. The SMILES string of the molecule is CC(C)(C)OC(=O)N1CCN(c2ccc3cn(Cc4ccc(Cl)cc4)c(O)c3c2)CC1. The van der Waals surface area contributed by atoms with E-state index in [1.807, 2.05) is 67.9 Å². The molecule has 1 N–H and O–H groups in total. The molecule has 0 radical (unpaired) electrons. The molecular weight excluding hydrogens is 414 g/mol. The maximum absolute atomic E-state index is 12.3. The lowest BCUT2D eigenvalue weighted by molar-refractivity contribution is 0.0240. The summed E-state index contributed by atoms with van der Waals surface area (Å²) in [7, 11) is 0. The van der Waals surface area contributed by atoms with E-state index in [0.717, 1.165) is 35.1 Å². The van der Waals surface area contributed by atoms with E-state index >= 15 is 0 Å². The molecule has 7 heteroatoms. The topological polar surface area (TPSA) is 57.9 Å². The number of ether oxygens (including phenoxy) is 1. The zero-order valence-electron chi connectivity index (χ0n) is 18.1. The number of aromatic nitrogens is 1. The fourth-order valence-corrected chi connectivity index (χ4v) is 3.94. The van der Waals surface area contributed by atoms with Crippen LogP contribution in [0.15, 0.2) is 48.7 Å². The normalized spacial score (nSPS) is 14.8. The van der Waals surface area contributed by atoms with Crippen molar-refractivity contribution in [2.45, 2.75) is 32.9 Å². The van der Waals surface area contributed by atoms with E-state index in [1.54, 1.807) is 4.90 Å². The number of fused-ring (bicyclic) bond motifs is 1. The summed E-state index contributed by atoms with van der Waals surface area (Å²) in [5.74, 6) is 0.249. The first-order valence-electron chi connectivity index (χ1n) is 10.5. The number of anilines is 1. The molecular formula is C24H28ClN3O3. The van der Waals surface area contributed by atoms with Crippen molar-refractivity contribution in [1.29, 1.82) is 0 Å². The maximum atomic E-state index is 12.3. The van der Waals surface area contributed by atoms with Crippen molar-refractivity contribution in [3.8, 4) is 5.88 Å². The fourth-order valence-electron chi connectivity index (χ4n) is 3.81. The van der Waals surface area contributed by atoms with Crippen LogP contribution in [-0.2, 0) is 11.3 Å². The Morgan fingerprint density at radius 2 is 1.74 bits per heavy atom.